The molecular formula is C37H40O18. The number of carbonyl (C=O) groups excluding carboxylic acids is 1. The first kappa shape index (κ1) is 39.7. The number of aliphatic hydroxyl groups excluding tert-OH is 7. The second kappa shape index (κ2) is 16.0. The number of carbonyl (C=O) groups is 1. The summed E-state index contributed by atoms with van der Waals surface area (Å²) in [5.41, 5.74) is -2.17. The summed E-state index contributed by atoms with van der Waals surface area (Å²) in [6.07, 6.45) is -19.1. The highest BCUT2D eigenvalue weighted by molar-refractivity contribution is 5.92. The molecule has 6 rings (SSSR count). The third-order valence-electron chi connectivity index (χ3n) is 9.80. The van der Waals surface area contributed by atoms with Gasteiger partial charge in [0.15, 0.2) is 28.6 Å². The topological polar surface area (TPSA) is 307 Å². The van der Waals surface area contributed by atoms with Gasteiger partial charge >= 0.3 is 5.97 Å². The molecule has 2 saturated heterocycles. The van der Waals surface area contributed by atoms with Gasteiger partial charge in [-0.15, -0.1) is 0 Å². The molecule has 2 aliphatic heterocycles. The average molecular weight is 773 g/mol. The molecular weight excluding hydrogens is 732 g/mol. The number of esters is 1. The van der Waals surface area contributed by atoms with Crippen LogP contribution in [-0.2, 0) is 25.4 Å². The van der Waals surface area contributed by atoms with Crippen LogP contribution in [0.3, 0.4) is 0 Å². The van der Waals surface area contributed by atoms with Crippen molar-refractivity contribution in [1.29, 1.82) is 0 Å². The minimum absolute atomic E-state index is 0.0329. The van der Waals surface area contributed by atoms with Crippen molar-refractivity contribution in [2.45, 2.75) is 73.9 Å². The molecule has 0 spiro atoms. The summed E-state index contributed by atoms with van der Waals surface area (Å²) in [6.45, 7) is -1.82. The van der Waals surface area contributed by atoms with Gasteiger partial charge in [-0.3, -0.25) is 9.59 Å². The molecule has 296 valence electrons. The van der Waals surface area contributed by atoms with Gasteiger partial charge < -0.3 is 79.5 Å². The molecule has 10 atom stereocenters. The van der Waals surface area contributed by atoms with E-state index in [-0.39, 0.29) is 41.4 Å². The Morgan fingerprint density at radius 1 is 0.745 bits per heavy atom. The van der Waals surface area contributed by atoms with Crippen LogP contribution in [0.15, 0.2) is 57.7 Å². The Morgan fingerprint density at radius 2 is 1.38 bits per heavy atom. The van der Waals surface area contributed by atoms with Crippen LogP contribution in [0.1, 0.15) is 35.3 Å². The highest BCUT2D eigenvalue weighted by Gasteiger charge is 2.51. The van der Waals surface area contributed by atoms with Crippen LogP contribution in [0.25, 0.3) is 22.3 Å². The molecule has 3 heterocycles. The zero-order chi connectivity index (χ0) is 39.9. The van der Waals surface area contributed by atoms with E-state index < -0.39 is 119 Å². The molecule has 11 N–H and O–H groups in total. The SMILES string of the molecule is COc1cc(CCC(=O)O[C@@H]2[C@@H](O)[C@H](O)[C@@H](CO)O[C@H]2c2c(O)c([C@@H]3O[C@H](CO)[C@@H](O)[C@H](O)[C@H]3O)c(O)c3c(=O)cc(-c4ccc(O)cc4)oc23)ccc1O. The number of aromatic hydroxyl groups is 4. The fourth-order valence-corrected chi connectivity index (χ4v) is 6.84. The number of aryl methyl sites for hydroxylation is 1. The van der Waals surface area contributed by atoms with Gasteiger partial charge in [-0.2, -0.15) is 0 Å². The van der Waals surface area contributed by atoms with Gasteiger partial charge in [0.25, 0.3) is 0 Å². The summed E-state index contributed by atoms with van der Waals surface area (Å²) < 4.78 is 28.4. The summed E-state index contributed by atoms with van der Waals surface area (Å²) in [6, 6.07) is 10.7. The summed E-state index contributed by atoms with van der Waals surface area (Å²) in [5, 5.41) is 117. The van der Waals surface area contributed by atoms with Crippen LogP contribution in [-0.4, -0.2) is 131 Å². The molecule has 2 aliphatic rings. The van der Waals surface area contributed by atoms with E-state index in [4.69, 9.17) is 23.4 Å². The van der Waals surface area contributed by atoms with E-state index in [2.05, 4.69) is 0 Å². The zero-order valence-electron chi connectivity index (χ0n) is 29.0. The largest absolute Gasteiger partial charge is 0.508 e. The molecule has 0 bridgehead atoms. The molecule has 0 unspecified atom stereocenters. The number of benzene rings is 3. The van der Waals surface area contributed by atoms with Gasteiger partial charge in [0, 0.05) is 18.1 Å². The second-order valence-electron chi connectivity index (χ2n) is 13.2. The van der Waals surface area contributed by atoms with E-state index in [0.717, 1.165) is 6.07 Å². The maximum atomic E-state index is 13.9. The lowest BCUT2D eigenvalue weighted by atomic mass is 9.85. The fraction of sp³-hybridized carbons (Fsp3) is 0.405. The molecule has 55 heavy (non-hydrogen) atoms. The zero-order valence-corrected chi connectivity index (χ0v) is 29.0. The Bertz CT molecular complexity index is 2080. The van der Waals surface area contributed by atoms with Crippen LogP contribution in [0.5, 0.6) is 28.7 Å². The Labute approximate surface area is 310 Å². The molecule has 0 radical (unpaired) electrons. The highest BCUT2D eigenvalue weighted by Crippen LogP contribution is 2.51. The number of fused-ring (bicyclic) bond motifs is 1. The highest BCUT2D eigenvalue weighted by atomic mass is 16.6. The predicted octanol–water partition coefficient (Wildman–Crippen LogP) is -0.495. The normalized spacial score (nSPS) is 28.2. The first-order valence-electron chi connectivity index (χ1n) is 17.0. The van der Waals surface area contributed by atoms with Gasteiger partial charge in [0.2, 0.25) is 0 Å². The molecule has 18 heteroatoms. The second-order valence-corrected chi connectivity index (χ2v) is 13.2. The molecule has 0 aliphatic carbocycles. The van der Waals surface area contributed by atoms with Gasteiger partial charge in [0.1, 0.15) is 83.3 Å². The molecule has 0 saturated carbocycles. The smallest absolute Gasteiger partial charge is 0.306 e. The lowest BCUT2D eigenvalue weighted by Crippen LogP contribution is -2.56. The Balaban J connectivity index is 1.53. The van der Waals surface area contributed by atoms with Crippen LogP contribution in [0.2, 0.25) is 0 Å². The van der Waals surface area contributed by atoms with Crippen molar-refractivity contribution in [3.8, 4) is 40.1 Å². The van der Waals surface area contributed by atoms with Crippen molar-refractivity contribution >= 4 is 16.9 Å². The molecule has 1 aromatic heterocycles. The van der Waals surface area contributed by atoms with Crippen molar-refractivity contribution in [2.75, 3.05) is 20.3 Å². The Hall–Kier alpha value is -5.02. The maximum absolute atomic E-state index is 13.9. The van der Waals surface area contributed by atoms with Crippen LogP contribution in [0.4, 0.5) is 0 Å². The number of aliphatic hydroxyl groups is 7. The number of phenols is 4. The van der Waals surface area contributed by atoms with Crippen molar-refractivity contribution in [3.05, 3.63) is 75.4 Å². The van der Waals surface area contributed by atoms with E-state index in [1.807, 2.05) is 0 Å². The summed E-state index contributed by atoms with van der Waals surface area (Å²) >= 11 is 0. The first-order valence-corrected chi connectivity index (χ1v) is 17.0. The Morgan fingerprint density at radius 3 is 2.02 bits per heavy atom. The standard InChI is InChI=1S/C37H40O18/c1-51-20-10-14(2-8-17(20)41)3-9-23(43)55-37-32(49)28(45)22(13-39)54-36(37)26-30(47)25(35-33(50)31(48)27(44)21(12-38)53-35)29(46)24-18(42)11-19(52-34(24)26)15-4-6-16(40)7-5-15/h2,4-8,10-11,21-22,27-28,31-33,35-41,44-50H,3,9,12-13H2,1H3/t21-,22-,27-,28-,31+,32+,33-,35+,36+,37-/m1/s1. The number of hydrogen-bond donors (Lipinski definition) is 11. The number of phenolic OH excluding ortho intramolecular Hbond substituents is 4. The summed E-state index contributed by atoms with van der Waals surface area (Å²) in [5.74, 6) is -3.36. The molecule has 2 fully saturated rings. The van der Waals surface area contributed by atoms with Crippen molar-refractivity contribution in [2.24, 2.45) is 0 Å². The number of hydrogen-bond acceptors (Lipinski definition) is 18. The van der Waals surface area contributed by atoms with E-state index in [0.29, 0.717) is 5.56 Å². The van der Waals surface area contributed by atoms with Crippen LogP contribution < -0.4 is 10.2 Å². The van der Waals surface area contributed by atoms with E-state index in [9.17, 15) is 65.8 Å². The van der Waals surface area contributed by atoms with E-state index >= 15 is 0 Å². The van der Waals surface area contributed by atoms with Crippen molar-refractivity contribution in [3.63, 3.8) is 0 Å². The fourth-order valence-electron chi connectivity index (χ4n) is 6.84. The van der Waals surface area contributed by atoms with Gasteiger partial charge in [-0.1, -0.05) is 6.07 Å². The lowest BCUT2D eigenvalue weighted by Gasteiger charge is -2.43. The predicted molar refractivity (Wildman–Crippen MR) is 185 cm³/mol. The third-order valence-corrected chi connectivity index (χ3v) is 9.80. The van der Waals surface area contributed by atoms with E-state index in [1.54, 1.807) is 0 Å². The number of rotatable bonds is 10. The Kier molecular flexibility index (Phi) is 11.5. The minimum Gasteiger partial charge on any atom is -0.508 e. The number of methoxy groups -OCH3 is 1. The van der Waals surface area contributed by atoms with E-state index in [1.165, 1.54) is 49.6 Å². The monoisotopic (exact) mass is 772 g/mol. The first-order chi connectivity index (χ1) is 26.2. The molecule has 3 aromatic carbocycles. The average Bonchev–Trinajstić information content (AvgIpc) is 3.16. The minimum atomic E-state index is -2.10. The van der Waals surface area contributed by atoms with Gasteiger partial charge in [-0.25, -0.2) is 0 Å². The van der Waals surface area contributed by atoms with Gasteiger partial charge in [0.05, 0.1) is 31.5 Å². The van der Waals surface area contributed by atoms with Crippen LogP contribution in [0, 0.1) is 0 Å². The molecule has 4 aromatic rings. The number of ether oxygens (including phenoxy) is 4. The molecule has 0 amide bonds. The lowest BCUT2D eigenvalue weighted by molar-refractivity contribution is -0.241. The summed E-state index contributed by atoms with van der Waals surface area (Å²) in [7, 11) is 1.34. The molecule has 18 nitrogen and oxygen atoms in total. The quantitative estimate of drug-likeness (QED) is 0.0906. The van der Waals surface area contributed by atoms with Gasteiger partial charge in [-0.05, 0) is 48.4 Å². The third kappa shape index (κ3) is 7.39. The maximum Gasteiger partial charge on any atom is 0.306 e. The van der Waals surface area contributed by atoms with Crippen molar-refractivity contribution in [1.82, 2.24) is 0 Å². The summed E-state index contributed by atoms with van der Waals surface area (Å²) in [4.78, 5) is 27.3. The van der Waals surface area contributed by atoms with Crippen LogP contribution >= 0.6 is 0 Å². The van der Waals surface area contributed by atoms with Crippen molar-refractivity contribution < 1.29 is 84.3 Å².